The second-order valence-electron chi connectivity index (χ2n) is 16.4. The van der Waals surface area contributed by atoms with Crippen molar-refractivity contribution in [2.45, 2.75) is 0 Å². The molecule has 0 saturated carbocycles. The maximum atomic E-state index is 5.33. The van der Waals surface area contributed by atoms with Crippen molar-refractivity contribution in [1.29, 1.82) is 0 Å². The Hall–Kier alpha value is -8.67. The highest BCUT2D eigenvalue weighted by Gasteiger charge is 2.28. The van der Waals surface area contributed by atoms with Crippen LogP contribution in [-0.4, -0.2) is 19.5 Å². The summed E-state index contributed by atoms with van der Waals surface area (Å²) in [6.07, 6.45) is 0. The fraction of sp³-hybridized carbons (Fsp3) is 0. The molecule has 2 aromatic heterocycles. The molecule has 3 heterocycles. The molecule has 0 unspecified atom stereocenters. The number of nitrogens with zero attached hydrogens (tertiary/aromatic N) is 5. The largest absolute Gasteiger partial charge is 0.309 e. The second kappa shape index (κ2) is 14.5. The molecule has 13 rings (SSSR count). The highest BCUT2D eigenvalue weighted by atomic mass is 15.2. The maximum absolute atomic E-state index is 5.33. The van der Waals surface area contributed by atoms with E-state index in [9.17, 15) is 0 Å². The van der Waals surface area contributed by atoms with Gasteiger partial charge in [0.2, 0.25) is 0 Å². The molecule has 0 spiro atoms. The van der Waals surface area contributed by atoms with Crippen molar-refractivity contribution in [1.82, 2.24) is 19.5 Å². The van der Waals surface area contributed by atoms with Gasteiger partial charge in [-0.3, -0.25) is 0 Å². The van der Waals surface area contributed by atoms with Crippen LogP contribution in [-0.2, 0) is 0 Å². The lowest BCUT2D eigenvalue weighted by atomic mass is 9.88. The molecule has 0 amide bonds. The van der Waals surface area contributed by atoms with Crippen LogP contribution in [0.5, 0.6) is 0 Å². The topological polar surface area (TPSA) is 46.8 Å². The van der Waals surface area contributed by atoms with Crippen LogP contribution in [0.3, 0.4) is 0 Å². The Bertz CT molecular complexity index is 3770. The highest BCUT2D eigenvalue weighted by Crippen LogP contribution is 2.53. The van der Waals surface area contributed by atoms with E-state index in [4.69, 9.17) is 15.0 Å². The molecule has 0 fully saturated rings. The first-order chi connectivity index (χ1) is 31.7. The standard InChI is InChI=1S/C59H37N5/c1-3-14-38(15-4-1)39-28-30-42(31-29-39)57-60-58(62-59(61-57)44-33-34-49-48-24-9-10-26-52(48)63(54(49)37-44)45-20-5-2-6-21-45)43-19-11-22-46(36-43)64-53-27-13-18-41-17-12-25-50(55(41)53)51-35-32-40-16-7-8-23-47(40)56(51)64/h1-37H. The van der Waals surface area contributed by atoms with Gasteiger partial charge < -0.3 is 9.47 Å². The van der Waals surface area contributed by atoms with Crippen molar-refractivity contribution in [3.8, 4) is 62.1 Å². The van der Waals surface area contributed by atoms with Crippen LogP contribution in [0.2, 0.25) is 0 Å². The number of para-hydroxylation sites is 2. The SMILES string of the molecule is c1ccc(-c2ccc(-c3nc(-c4cccc(N5c6c(ccc7ccccc67)-c6cccc7cccc5c67)c4)nc(-c4ccc5c6ccccc6n(-c6ccccc6)c5c4)n3)cc2)cc1. The minimum atomic E-state index is 0.603. The van der Waals surface area contributed by atoms with E-state index in [0.717, 1.165) is 55.9 Å². The number of rotatable bonds is 6. The van der Waals surface area contributed by atoms with E-state index in [2.05, 4.69) is 228 Å². The summed E-state index contributed by atoms with van der Waals surface area (Å²) in [5.41, 5.74) is 14.2. The molecular formula is C59H37N5. The second-order valence-corrected chi connectivity index (χ2v) is 16.4. The first kappa shape index (κ1) is 36.0. The van der Waals surface area contributed by atoms with Crippen molar-refractivity contribution >= 4 is 60.4 Å². The van der Waals surface area contributed by atoms with Crippen molar-refractivity contribution < 1.29 is 0 Å². The third kappa shape index (κ3) is 5.75. The molecule has 0 saturated heterocycles. The summed E-state index contributed by atoms with van der Waals surface area (Å²) in [7, 11) is 0. The molecular weight excluding hydrogens is 779 g/mol. The van der Waals surface area contributed by atoms with Gasteiger partial charge in [0.15, 0.2) is 17.5 Å². The first-order valence-electron chi connectivity index (χ1n) is 21.7. The Morgan fingerprint density at radius 3 is 1.69 bits per heavy atom. The van der Waals surface area contributed by atoms with E-state index < -0.39 is 0 Å². The van der Waals surface area contributed by atoms with Gasteiger partial charge in [-0.05, 0) is 69.9 Å². The molecule has 0 bridgehead atoms. The molecule has 5 heteroatoms. The summed E-state index contributed by atoms with van der Waals surface area (Å²) in [5.74, 6) is 1.82. The summed E-state index contributed by atoms with van der Waals surface area (Å²) < 4.78 is 2.34. The third-order valence-corrected chi connectivity index (χ3v) is 12.7. The van der Waals surface area contributed by atoms with Crippen LogP contribution in [0, 0.1) is 0 Å². The Kier molecular flexibility index (Phi) is 8.15. The normalized spacial score (nSPS) is 12.0. The smallest absolute Gasteiger partial charge is 0.164 e. The van der Waals surface area contributed by atoms with Crippen molar-refractivity contribution in [3.63, 3.8) is 0 Å². The average molecular weight is 816 g/mol. The molecule has 0 aliphatic carbocycles. The van der Waals surface area contributed by atoms with Gasteiger partial charge in [0.1, 0.15) is 0 Å². The van der Waals surface area contributed by atoms with Crippen LogP contribution in [0.1, 0.15) is 0 Å². The van der Waals surface area contributed by atoms with Crippen LogP contribution >= 0.6 is 0 Å². The van der Waals surface area contributed by atoms with E-state index >= 15 is 0 Å². The first-order valence-corrected chi connectivity index (χ1v) is 21.7. The van der Waals surface area contributed by atoms with Gasteiger partial charge in [0.25, 0.3) is 0 Å². The average Bonchev–Trinajstić information content (AvgIpc) is 3.70. The molecule has 298 valence electrons. The molecule has 64 heavy (non-hydrogen) atoms. The quantitative estimate of drug-likeness (QED) is 0.168. The summed E-state index contributed by atoms with van der Waals surface area (Å²) in [5, 5.41) is 7.22. The predicted octanol–water partition coefficient (Wildman–Crippen LogP) is 15.4. The van der Waals surface area contributed by atoms with Gasteiger partial charge in [-0.15, -0.1) is 0 Å². The van der Waals surface area contributed by atoms with Crippen LogP contribution < -0.4 is 4.90 Å². The van der Waals surface area contributed by atoms with Gasteiger partial charge in [-0.2, -0.15) is 0 Å². The van der Waals surface area contributed by atoms with Crippen molar-refractivity contribution in [3.05, 3.63) is 224 Å². The van der Waals surface area contributed by atoms with Crippen LogP contribution in [0.25, 0.3) is 105 Å². The molecule has 1 aliphatic heterocycles. The van der Waals surface area contributed by atoms with E-state index in [1.165, 1.54) is 49.1 Å². The Morgan fingerprint density at radius 1 is 0.312 bits per heavy atom. The molecule has 12 aromatic rings. The summed E-state index contributed by atoms with van der Waals surface area (Å²) in [4.78, 5) is 18.3. The van der Waals surface area contributed by atoms with E-state index in [0.29, 0.717) is 17.5 Å². The third-order valence-electron chi connectivity index (χ3n) is 12.7. The van der Waals surface area contributed by atoms with Crippen molar-refractivity contribution in [2.24, 2.45) is 0 Å². The number of benzene rings is 10. The molecule has 1 aliphatic rings. The van der Waals surface area contributed by atoms with Gasteiger partial charge in [0, 0.05) is 55.2 Å². The Labute approximate surface area is 369 Å². The summed E-state index contributed by atoms with van der Waals surface area (Å²) >= 11 is 0. The van der Waals surface area contributed by atoms with E-state index in [1.807, 2.05) is 6.07 Å². The minimum absolute atomic E-state index is 0.603. The van der Waals surface area contributed by atoms with E-state index in [1.54, 1.807) is 0 Å². The van der Waals surface area contributed by atoms with Gasteiger partial charge in [0.05, 0.1) is 22.4 Å². The number of fused-ring (bicyclic) bond motifs is 7. The summed E-state index contributed by atoms with van der Waals surface area (Å²) in [6.45, 7) is 0. The Morgan fingerprint density at radius 2 is 0.875 bits per heavy atom. The number of hydrogen-bond acceptors (Lipinski definition) is 4. The zero-order valence-corrected chi connectivity index (χ0v) is 34.6. The van der Waals surface area contributed by atoms with Crippen LogP contribution in [0.15, 0.2) is 224 Å². The lowest BCUT2D eigenvalue weighted by molar-refractivity contribution is 1.07. The van der Waals surface area contributed by atoms with Crippen LogP contribution in [0.4, 0.5) is 17.1 Å². The number of aromatic nitrogens is 4. The van der Waals surface area contributed by atoms with Crippen molar-refractivity contribution in [2.75, 3.05) is 4.90 Å². The van der Waals surface area contributed by atoms with Gasteiger partial charge in [-0.1, -0.05) is 182 Å². The lowest BCUT2D eigenvalue weighted by Gasteiger charge is -2.34. The zero-order chi connectivity index (χ0) is 42.1. The minimum Gasteiger partial charge on any atom is -0.309 e. The molecule has 0 atom stereocenters. The van der Waals surface area contributed by atoms with Gasteiger partial charge >= 0.3 is 0 Å². The van der Waals surface area contributed by atoms with E-state index in [-0.39, 0.29) is 0 Å². The monoisotopic (exact) mass is 815 g/mol. The molecule has 10 aromatic carbocycles. The molecule has 5 nitrogen and oxygen atoms in total. The fourth-order valence-corrected chi connectivity index (χ4v) is 9.79. The Balaban J connectivity index is 1.01. The lowest BCUT2D eigenvalue weighted by Crippen LogP contribution is -2.15. The molecule has 0 radical (unpaired) electrons. The molecule has 0 N–H and O–H groups in total. The predicted molar refractivity (Wildman–Crippen MR) is 265 cm³/mol. The highest BCUT2D eigenvalue weighted by molar-refractivity contribution is 6.19. The maximum Gasteiger partial charge on any atom is 0.164 e. The number of anilines is 3. The fourth-order valence-electron chi connectivity index (χ4n) is 9.79. The summed E-state index contributed by atoms with van der Waals surface area (Å²) in [6, 6.07) is 79.8. The zero-order valence-electron chi connectivity index (χ0n) is 34.6. The van der Waals surface area contributed by atoms with Gasteiger partial charge in [-0.25, -0.2) is 15.0 Å². The number of hydrogen-bond donors (Lipinski definition) is 0.